The normalized spacial score (nSPS) is 11.0. The van der Waals surface area contributed by atoms with Gasteiger partial charge in [-0.3, -0.25) is 4.72 Å². The van der Waals surface area contributed by atoms with E-state index < -0.39 is 16.0 Å². The Morgan fingerprint density at radius 2 is 2.16 bits per heavy atom. The summed E-state index contributed by atoms with van der Waals surface area (Å²) in [6, 6.07) is 4.79. The van der Waals surface area contributed by atoms with Gasteiger partial charge in [-0.05, 0) is 12.1 Å². The molecule has 19 heavy (non-hydrogen) atoms. The third kappa shape index (κ3) is 2.88. The monoisotopic (exact) mass is 299 g/mol. The Balaban J connectivity index is 2.36. The zero-order valence-electron chi connectivity index (χ0n) is 9.73. The van der Waals surface area contributed by atoms with E-state index in [1.807, 2.05) is 0 Å². The number of anilines is 1. The number of methoxy groups -OCH3 is 1. The number of ether oxygens (including phenoxy) is 1. The second kappa shape index (κ2) is 5.33. The number of esters is 1. The molecule has 100 valence electrons. The molecule has 0 aliphatic heterocycles. The van der Waals surface area contributed by atoms with Gasteiger partial charge in [0, 0.05) is 6.20 Å². The molecule has 0 bridgehead atoms. The summed E-state index contributed by atoms with van der Waals surface area (Å²) >= 11 is 0.829. The number of carbonyl (C=O) groups is 1. The number of hydrogen-bond donors (Lipinski definition) is 1. The molecular weight excluding hydrogens is 290 g/mol. The van der Waals surface area contributed by atoms with Gasteiger partial charge >= 0.3 is 5.97 Å². The van der Waals surface area contributed by atoms with Crippen LogP contribution in [0.2, 0.25) is 0 Å². The van der Waals surface area contributed by atoms with E-state index in [9.17, 15) is 13.2 Å². The summed E-state index contributed by atoms with van der Waals surface area (Å²) in [5.41, 5.74) is 1.02. The molecule has 7 nitrogen and oxygen atoms in total. The van der Waals surface area contributed by atoms with Crippen LogP contribution in [0.3, 0.4) is 0 Å². The van der Waals surface area contributed by atoms with Crippen molar-refractivity contribution in [3.8, 4) is 0 Å². The highest BCUT2D eigenvalue weighted by atomic mass is 32.2. The van der Waals surface area contributed by atoms with Crippen LogP contribution in [0.5, 0.6) is 0 Å². The summed E-state index contributed by atoms with van der Waals surface area (Å²) < 4.78 is 30.8. The van der Waals surface area contributed by atoms with Crippen LogP contribution in [0.4, 0.5) is 5.82 Å². The van der Waals surface area contributed by atoms with E-state index in [0.717, 1.165) is 18.4 Å². The van der Waals surface area contributed by atoms with Crippen molar-refractivity contribution in [1.29, 1.82) is 0 Å². The number of pyridine rings is 1. The van der Waals surface area contributed by atoms with Crippen molar-refractivity contribution >= 4 is 33.1 Å². The van der Waals surface area contributed by atoms with Crippen LogP contribution < -0.4 is 4.72 Å². The summed E-state index contributed by atoms with van der Waals surface area (Å²) in [6.45, 7) is 0. The van der Waals surface area contributed by atoms with Crippen molar-refractivity contribution in [3.05, 3.63) is 35.6 Å². The van der Waals surface area contributed by atoms with Crippen LogP contribution >= 0.6 is 11.3 Å². The first-order valence-corrected chi connectivity index (χ1v) is 7.36. The lowest BCUT2D eigenvalue weighted by atomic mass is 10.5. The van der Waals surface area contributed by atoms with Gasteiger partial charge in [0.1, 0.15) is 5.82 Å². The molecule has 2 aromatic heterocycles. The van der Waals surface area contributed by atoms with Crippen molar-refractivity contribution < 1.29 is 17.9 Å². The quantitative estimate of drug-likeness (QED) is 0.850. The van der Waals surface area contributed by atoms with E-state index in [1.165, 1.54) is 17.8 Å². The van der Waals surface area contributed by atoms with E-state index in [-0.39, 0.29) is 15.7 Å². The Labute approximate surface area is 113 Å². The van der Waals surface area contributed by atoms with E-state index in [0.29, 0.717) is 0 Å². The predicted octanol–water partition coefficient (Wildman–Crippen LogP) is 1.13. The van der Waals surface area contributed by atoms with E-state index in [1.54, 1.807) is 12.1 Å². The van der Waals surface area contributed by atoms with E-state index in [4.69, 9.17) is 0 Å². The molecule has 2 heterocycles. The first-order valence-electron chi connectivity index (χ1n) is 5.00. The fourth-order valence-electron chi connectivity index (χ4n) is 1.27. The fourth-order valence-corrected chi connectivity index (χ4v) is 3.41. The Morgan fingerprint density at radius 1 is 1.37 bits per heavy atom. The lowest BCUT2D eigenvalue weighted by Gasteiger charge is -2.05. The van der Waals surface area contributed by atoms with E-state index >= 15 is 0 Å². The fraction of sp³-hybridized carbons (Fsp3) is 0.100. The van der Waals surface area contributed by atoms with Crippen molar-refractivity contribution in [3.63, 3.8) is 0 Å². The van der Waals surface area contributed by atoms with Gasteiger partial charge in [0.2, 0.25) is 0 Å². The molecule has 0 fully saturated rings. The summed E-state index contributed by atoms with van der Waals surface area (Å²) in [7, 11) is -2.76. The number of carbonyl (C=O) groups excluding carboxylic acids is 1. The van der Waals surface area contributed by atoms with Crippen LogP contribution in [-0.4, -0.2) is 31.5 Å². The molecule has 0 aromatic carbocycles. The maximum absolute atomic E-state index is 12.1. The summed E-state index contributed by atoms with van der Waals surface area (Å²) in [5.74, 6) is -0.644. The first-order chi connectivity index (χ1) is 9.04. The Morgan fingerprint density at radius 3 is 2.79 bits per heavy atom. The number of aromatic nitrogens is 2. The maximum Gasteiger partial charge on any atom is 0.358 e. The molecule has 2 aromatic rings. The highest BCUT2D eigenvalue weighted by Gasteiger charge is 2.26. The van der Waals surface area contributed by atoms with Gasteiger partial charge < -0.3 is 4.74 Å². The van der Waals surface area contributed by atoms with Gasteiger partial charge in [-0.25, -0.2) is 23.2 Å². The molecule has 0 saturated heterocycles. The maximum atomic E-state index is 12.1. The van der Waals surface area contributed by atoms with Crippen LogP contribution in [0.25, 0.3) is 0 Å². The third-order valence-electron chi connectivity index (χ3n) is 2.06. The van der Waals surface area contributed by atoms with Gasteiger partial charge in [-0.2, -0.15) is 0 Å². The standard InChI is InChI=1S/C10H9N3O4S2/c1-17-9(14)8-10(18-6-12-8)19(15,16)13-7-4-2-3-5-11-7/h2-6H,1H3,(H,11,13). The van der Waals surface area contributed by atoms with Gasteiger partial charge in [0.15, 0.2) is 9.90 Å². The molecule has 0 atom stereocenters. The Kier molecular flexibility index (Phi) is 3.76. The van der Waals surface area contributed by atoms with Crippen molar-refractivity contribution in [2.24, 2.45) is 0 Å². The molecule has 0 amide bonds. The molecular formula is C10H9N3O4S2. The zero-order valence-corrected chi connectivity index (χ0v) is 11.4. The number of sulfonamides is 1. The zero-order chi connectivity index (χ0) is 13.9. The second-order valence-corrected chi connectivity index (χ2v) is 6.03. The van der Waals surface area contributed by atoms with Gasteiger partial charge in [-0.1, -0.05) is 6.07 Å². The minimum atomic E-state index is -3.91. The summed E-state index contributed by atoms with van der Waals surface area (Å²) in [6.07, 6.45) is 1.45. The minimum Gasteiger partial charge on any atom is -0.464 e. The lowest BCUT2D eigenvalue weighted by molar-refractivity contribution is 0.0590. The van der Waals surface area contributed by atoms with Gasteiger partial charge in [-0.15, -0.1) is 11.3 Å². The average Bonchev–Trinajstić information content (AvgIpc) is 2.88. The number of nitrogens with zero attached hydrogens (tertiary/aromatic N) is 2. The van der Waals surface area contributed by atoms with Crippen molar-refractivity contribution in [2.45, 2.75) is 4.21 Å². The van der Waals surface area contributed by atoms with Gasteiger partial charge in [0.25, 0.3) is 10.0 Å². The van der Waals surface area contributed by atoms with E-state index in [2.05, 4.69) is 19.4 Å². The molecule has 1 N–H and O–H groups in total. The summed E-state index contributed by atoms with van der Waals surface area (Å²) in [4.78, 5) is 19.0. The summed E-state index contributed by atoms with van der Waals surface area (Å²) in [5, 5.41) is 0. The number of nitrogens with one attached hydrogen (secondary N) is 1. The molecule has 0 spiro atoms. The molecule has 0 saturated carbocycles. The Hall–Kier alpha value is -2.00. The molecule has 0 unspecified atom stereocenters. The molecule has 2 rings (SSSR count). The van der Waals surface area contributed by atoms with Gasteiger partial charge in [0.05, 0.1) is 12.6 Å². The van der Waals surface area contributed by atoms with Crippen LogP contribution in [-0.2, 0) is 14.8 Å². The topological polar surface area (TPSA) is 98.2 Å². The third-order valence-corrected chi connectivity index (χ3v) is 4.79. The average molecular weight is 299 g/mol. The van der Waals surface area contributed by atoms with Crippen molar-refractivity contribution in [2.75, 3.05) is 11.8 Å². The highest BCUT2D eigenvalue weighted by molar-refractivity contribution is 7.94. The largest absolute Gasteiger partial charge is 0.464 e. The Bertz CT molecular complexity index is 682. The second-order valence-electron chi connectivity index (χ2n) is 3.30. The molecule has 0 radical (unpaired) electrons. The van der Waals surface area contributed by atoms with Crippen LogP contribution in [0, 0.1) is 0 Å². The molecule has 0 aliphatic carbocycles. The molecule has 0 aliphatic rings. The minimum absolute atomic E-state index is 0.159. The predicted molar refractivity (Wildman–Crippen MR) is 68.5 cm³/mol. The molecule has 9 heteroatoms. The number of rotatable bonds is 4. The van der Waals surface area contributed by atoms with Crippen LogP contribution in [0.1, 0.15) is 10.5 Å². The SMILES string of the molecule is COC(=O)c1ncsc1S(=O)(=O)Nc1ccccn1. The lowest BCUT2D eigenvalue weighted by Crippen LogP contribution is -2.16. The number of thiazole rings is 1. The van der Waals surface area contributed by atoms with Crippen LogP contribution in [0.15, 0.2) is 34.1 Å². The first kappa shape index (κ1) is 13.4. The number of hydrogen-bond acceptors (Lipinski definition) is 7. The smallest absolute Gasteiger partial charge is 0.358 e. The van der Waals surface area contributed by atoms with Crippen molar-refractivity contribution in [1.82, 2.24) is 9.97 Å². The highest BCUT2D eigenvalue weighted by Crippen LogP contribution is 2.22.